The number of hydrogen-bond acceptors (Lipinski definition) is 3. The molecule has 2 fully saturated rings. The molecule has 0 bridgehead atoms. The molecule has 1 saturated heterocycles. The average molecular weight is 358 g/mol. The highest BCUT2D eigenvalue weighted by atomic mass is 35.5. The van der Waals surface area contributed by atoms with Crippen LogP contribution in [0, 0.1) is 5.92 Å². The van der Waals surface area contributed by atoms with Crippen LogP contribution in [-0.4, -0.2) is 28.9 Å². The molecule has 6 heteroatoms. The van der Waals surface area contributed by atoms with Crippen molar-refractivity contribution in [2.45, 2.75) is 31.1 Å². The number of amides is 1. The number of benzene rings is 1. The second kappa shape index (κ2) is 6.81. The first kappa shape index (κ1) is 16.2. The van der Waals surface area contributed by atoms with Gasteiger partial charge in [0.05, 0.1) is 0 Å². The third-order valence-electron chi connectivity index (χ3n) is 4.30. The van der Waals surface area contributed by atoms with E-state index in [0.29, 0.717) is 35.7 Å². The number of thioether (sulfide) groups is 1. The topological polar surface area (TPSA) is 37.4 Å². The third kappa shape index (κ3) is 3.29. The molecule has 0 aromatic heterocycles. The minimum atomic E-state index is -0.0464. The third-order valence-corrected chi connectivity index (χ3v) is 6.10. The highest BCUT2D eigenvalue weighted by molar-refractivity contribution is 7.99. The maximum Gasteiger partial charge on any atom is 0.226 e. The molecule has 1 aromatic rings. The molecular formula is C16H17Cl2NO2S. The summed E-state index contributed by atoms with van der Waals surface area (Å²) in [5, 5.41) is 1.15. The van der Waals surface area contributed by atoms with E-state index in [0.717, 1.165) is 17.9 Å². The first-order valence-electron chi connectivity index (χ1n) is 7.45. The van der Waals surface area contributed by atoms with E-state index in [1.807, 2.05) is 17.0 Å². The van der Waals surface area contributed by atoms with Crippen molar-refractivity contribution in [2.24, 2.45) is 5.92 Å². The second-order valence-electron chi connectivity index (χ2n) is 5.73. The predicted octanol–water partition coefficient (Wildman–Crippen LogP) is 4.33. The van der Waals surface area contributed by atoms with Gasteiger partial charge in [0, 0.05) is 46.7 Å². The van der Waals surface area contributed by atoms with Gasteiger partial charge in [0.25, 0.3) is 0 Å². The van der Waals surface area contributed by atoms with Crippen LogP contribution in [0.1, 0.15) is 36.6 Å². The van der Waals surface area contributed by atoms with E-state index in [4.69, 9.17) is 23.2 Å². The van der Waals surface area contributed by atoms with Gasteiger partial charge in [-0.3, -0.25) is 9.59 Å². The molecule has 1 unspecified atom stereocenters. The van der Waals surface area contributed by atoms with Crippen LogP contribution in [0.5, 0.6) is 0 Å². The van der Waals surface area contributed by atoms with Crippen LogP contribution in [0.3, 0.4) is 0 Å². The van der Waals surface area contributed by atoms with Gasteiger partial charge < -0.3 is 4.90 Å². The van der Waals surface area contributed by atoms with Gasteiger partial charge in [-0.05, 0) is 25.0 Å². The standard InChI is InChI=1S/C16H17Cl2NO2S/c17-11-3-6-13(14(18)9-11)16-19(7-8-22-16)15(21)10-1-4-12(20)5-2-10/h3,6,9-10,16H,1-2,4-5,7-8H2. The lowest BCUT2D eigenvalue weighted by atomic mass is 9.87. The molecule has 1 saturated carbocycles. The van der Waals surface area contributed by atoms with Crippen LogP contribution in [0.25, 0.3) is 0 Å². The number of carbonyl (C=O) groups is 2. The summed E-state index contributed by atoms with van der Waals surface area (Å²) in [7, 11) is 0. The van der Waals surface area contributed by atoms with Gasteiger partial charge in [-0.1, -0.05) is 29.3 Å². The zero-order valence-electron chi connectivity index (χ0n) is 12.1. The minimum absolute atomic E-state index is 0.0232. The van der Waals surface area contributed by atoms with Crippen molar-refractivity contribution in [3.8, 4) is 0 Å². The van der Waals surface area contributed by atoms with Crippen molar-refractivity contribution in [3.05, 3.63) is 33.8 Å². The Bertz CT molecular complexity index is 598. The summed E-state index contributed by atoms with van der Waals surface area (Å²) in [4.78, 5) is 26.1. The van der Waals surface area contributed by atoms with Crippen molar-refractivity contribution in [3.63, 3.8) is 0 Å². The molecule has 1 heterocycles. The largest absolute Gasteiger partial charge is 0.325 e. The summed E-state index contributed by atoms with van der Waals surface area (Å²) in [6.07, 6.45) is 2.42. The Morgan fingerprint density at radius 2 is 1.95 bits per heavy atom. The minimum Gasteiger partial charge on any atom is -0.325 e. The molecule has 1 aromatic carbocycles. The Morgan fingerprint density at radius 1 is 1.23 bits per heavy atom. The summed E-state index contributed by atoms with van der Waals surface area (Å²) in [5.41, 5.74) is 0.939. The number of Topliss-reactive ketones (excluding diaryl/α,β-unsaturated/α-hetero) is 1. The van der Waals surface area contributed by atoms with E-state index in [1.54, 1.807) is 17.8 Å². The molecule has 2 aliphatic rings. The highest BCUT2D eigenvalue weighted by Gasteiger charge is 2.36. The smallest absolute Gasteiger partial charge is 0.226 e. The van der Waals surface area contributed by atoms with Gasteiger partial charge in [0.1, 0.15) is 11.2 Å². The Balaban J connectivity index is 1.78. The summed E-state index contributed by atoms with van der Waals surface area (Å²) >= 11 is 14.0. The Kier molecular flexibility index (Phi) is 5.00. The molecule has 0 spiro atoms. The molecule has 22 heavy (non-hydrogen) atoms. The van der Waals surface area contributed by atoms with Crippen LogP contribution < -0.4 is 0 Å². The van der Waals surface area contributed by atoms with Gasteiger partial charge in [0.2, 0.25) is 5.91 Å². The maximum absolute atomic E-state index is 12.8. The quantitative estimate of drug-likeness (QED) is 0.790. The van der Waals surface area contributed by atoms with Crippen molar-refractivity contribution in [2.75, 3.05) is 12.3 Å². The number of halogens is 2. The lowest BCUT2D eigenvalue weighted by Crippen LogP contribution is -2.37. The van der Waals surface area contributed by atoms with E-state index in [2.05, 4.69) is 0 Å². The van der Waals surface area contributed by atoms with Crippen LogP contribution in [-0.2, 0) is 9.59 Å². The van der Waals surface area contributed by atoms with Gasteiger partial charge in [-0.2, -0.15) is 0 Å². The number of nitrogens with zero attached hydrogens (tertiary/aromatic N) is 1. The second-order valence-corrected chi connectivity index (χ2v) is 7.77. The van der Waals surface area contributed by atoms with Crippen LogP contribution in [0.2, 0.25) is 10.0 Å². The Hall–Kier alpha value is -0.710. The van der Waals surface area contributed by atoms with Crippen molar-refractivity contribution in [1.82, 2.24) is 4.90 Å². The van der Waals surface area contributed by atoms with Crippen LogP contribution in [0.4, 0.5) is 0 Å². The van der Waals surface area contributed by atoms with Gasteiger partial charge in [-0.15, -0.1) is 11.8 Å². The first-order chi connectivity index (χ1) is 10.6. The van der Waals surface area contributed by atoms with Crippen molar-refractivity contribution < 1.29 is 9.59 Å². The average Bonchev–Trinajstić information content (AvgIpc) is 2.96. The number of carbonyl (C=O) groups excluding carboxylic acids is 2. The van der Waals surface area contributed by atoms with Gasteiger partial charge in [0.15, 0.2) is 0 Å². The van der Waals surface area contributed by atoms with E-state index in [1.165, 1.54) is 0 Å². The number of hydrogen-bond donors (Lipinski definition) is 0. The molecular weight excluding hydrogens is 341 g/mol. The molecule has 1 amide bonds. The maximum atomic E-state index is 12.8. The summed E-state index contributed by atoms with van der Waals surface area (Å²) < 4.78 is 0. The Morgan fingerprint density at radius 3 is 2.64 bits per heavy atom. The molecule has 3 rings (SSSR count). The first-order valence-corrected chi connectivity index (χ1v) is 9.25. The van der Waals surface area contributed by atoms with E-state index < -0.39 is 0 Å². The summed E-state index contributed by atoms with van der Waals surface area (Å²) in [5.74, 6) is 1.32. The van der Waals surface area contributed by atoms with E-state index in [9.17, 15) is 9.59 Å². The highest BCUT2D eigenvalue weighted by Crippen LogP contribution is 2.43. The molecule has 118 valence electrons. The summed E-state index contributed by atoms with van der Waals surface area (Å²) in [6.45, 7) is 0.734. The lowest BCUT2D eigenvalue weighted by molar-refractivity contribution is -0.137. The van der Waals surface area contributed by atoms with Gasteiger partial charge in [-0.25, -0.2) is 0 Å². The van der Waals surface area contributed by atoms with Gasteiger partial charge >= 0.3 is 0 Å². The number of ketones is 1. The SMILES string of the molecule is O=C1CCC(C(=O)N2CCSC2c2ccc(Cl)cc2Cl)CC1. The zero-order valence-corrected chi connectivity index (χ0v) is 14.4. The molecule has 3 nitrogen and oxygen atoms in total. The number of rotatable bonds is 2. The van der Waals surface area contributed by atoms with Crippen molar-refractivity contribution >= 4 is 46.7 Å². The normalized spacial score (nSPS) is 23.1. The lowest BCUT2D eigenvalue weighted by Gasteiger charge is -2.30. The van der Waals surface area contributed by atoms with E-state index in [-0.39, 0.29) is 23.0 Å². The molecule has 0 N–H and O–H groups in total. The van der Waals surface area contributed by atoms with Crippen LogP contribution in [0.15, 0.2) is 18.2 Å². The monoisotopic (exact) mass is 357 g/mol. The van der Waals surface area contributed by atoms with Crippen molar-refractivity contribution in [1.29, 1.82) is 0 Å². The molecule has 1 aliphatic carbocycles. The fourth-order valence-electron chi connectivity index (χ4n) is 3.08. The molecule has 0 radical (unpaired) electrons. The molecule has 1 aliphatic heterocycles. The van der Waals surface area contributed by atoms with Crippen LogP contribution >= 0.6 is 35.0 Å². The van der Waals surface area contributed by atoms with E-state index >= 15 is 0 Å². The predicted molar refractivity (Wildman–Crippen MR) is 90.3 cm³/mol. The zero-order chi connectivity index (χ0) is 15.7. The summed E-state index contributed by atoms with van der Waals surface area (Å²) in [6, 6.07) is 5.43. The fourth-order valence-corrected chi connectivity index (χ4v) is 4.95. The molecule has 1 atom stereocenters. The fraction of sp³-hybridized carbons (Fsp3) is 0.500. The Labute approximate surface area is 144 Å².